The maximum Gasteiger partial charge on any atom is 0.387 e. The van der Waals surface area contributed by atoms with Gasteiger partial charge in [-0.15, -0.1) is 0 Å². The van der Waals surface area contributed by atoms with Crippen molar-refractivity contribution in [2.24, 2.45) is 0 Å². The fraction of sp³-hybridized carbons (Fsp3) is 0.296. The van der Waals surface area contributed by atoms with Crippen LogP contribution in [0.15, 0.2) is 65.8 Å². The number of hydrogen-bond donors (Lipinski definition) is 0. The summed E-state index contributed by atoms with van der Waals surface area (Å²) in [5, 5.41) is 4.25. The molecule has 8 nitrogen and oxygen atoms in total. The van der Waals surface area contributed by atoms with E-state index in [2.05, 4.69) is 5.10 Å². The van der Waals surface area contributed by atoms with E-state index < -0.39 is 18.0 Å². The van der Waals surface area contributed by atoms with E-state index in [1.54, 1.807) is 58.8 Å². The Morgan fingerprint density at radius 2 is 1.95 bits per heavy atom. The highest BCUT2D eigenvalue weighted by Crippen LogP contribution is 2.43. The summed E-state index contributed by atoms with van der Waals surface area (Å²) in [5.74, 6) is -0.242. The van der Waals surface area contributed by atoms with Gasteiger partial charge in [-0.2, -0.15) is 13.9 Å². The monoisotopic (exact) mass is 509 g/mol. The fourth-order valence-corrected chi connectivity index (χ4v) is 4.27. The van der Waals surface area contributed by atoms with Gasteiger partial charge >= 0.3 is 12.6 Å². The summed E-state index contributed by atoms with van der Waals surface area (Å²) in [4.78, 5) is 25.6. The van der Waals surface area contributed by atoms with Crippen LogP contribution in [-0.2, 0) is 11.3 Å². The van der Waals surface area contributed by atoms with E-state index >= 15 is 0 Å². The number of rotatable bonds is 10. The minimum absolute atomic E-state index is 0.0305. The van der Waals surface area contributed by atoms with E-state index in [1.807, 2.05) is 12.3 Å². The number of esters is 1. The second-order valence-corrected chi connectivity index (χ2v) is 8.59. The Labute approximate surface area is 211 Å². The highest BCUT2D eigenvalue weighted by atomic mass is 19.3. The summed E-state index contributed by atoms with van der Waals surface area (Å²) < 4.78 is 46.5. The SMILES string of the molecule is CCOC(=O)c1cn(C2CC2)c2c(OC(F)F)c(-c3ccc(OCCn4cccn4)cc3)ccc2c1=O. The van der Waals surface area contributed by atoms with Crippen LogP contribution in [0.3, 0.4) is 0 Å². The molecule has 2 heterocycles. The fourth-order valence-electron chi connectivity index (χ4n) is 4.27. The minimum Gasteiger partial charge on any atom is -0.492 e. The number of carbonyl (C=O) groups excluding carboxylic acids is 1. The third-order valence-corrected chi connectivity index (χ3v) is 6.10. The van der Waals surface area contributed by atoms with Crippen LogP contribution in [0.5, 0.6) is 11.5 Å². The molecule has 37 heavy (non-hydrogen) atoms. The van der Waals surface area contributed by atoms with Crippen LogP contribution in [0.25, 0.3) is 22.0 Å². The molecule has 0 N–H and O–H groups in total. The molecule has 0 spiro atoms. The second-order valence-electron chi connectivity index (χ2n) is 8.59. The van der Waals surface area contributed by atoms with Crippen LogP contribution >= 0.6 is 0 Å². The van der Waals surface area contributed by atoms with Crippen molar-refractivity contribution < 1.29 is 27.8 Å². The maximum absolute atomic E-state index is 13.6. The van der Waals surface area contributed by atoms with E-state index in [0.717, 1.165) is 12.8 Å². The number of benzene rings is 2. The molecule has 0 atom stereocenters. The van der Waals surface area contributed by atoms with Crippen molar-refractivity contribution in [3.05, 3.63) is 76.8 Å². The number of hydrogen-bond acceptors (Lipinski definition) is 6. The van der Waals surface area contributed by atoms with Crippen molar-refractivity contribution in [3.8, 4) is 22.6 Å². The third-order valence-electron chi connectivity index (χ3n) is 6.10. The van der Waals surface area contributed by atoms with Gasteiger partial charge in [0, 0.05) is 30.2 Å². The average Bonchev–Trinajstić information content (AvgIpc) is 3.60. The minimum atomic E-state index is -3.11. The summed E-state index contributed by atoms with van der Waals surface area (Å²) in [5.41, 5.74) is 0.526. The molecule has 0 radical (unpaired) electrons. The van der Waals surface area contributed by atoms with Crippen molar-refractivity contribution >= 4 is 16.9 Å². The van der Waals surface area contributed by atoms with Gasteiger partial charge in [-0.25, -0.2) is 4.79 Å². The predicted molar refractivity (Wildman–Crippen MR) is 132 cm³/mol. The van der Waals surface area contributed by atoms with Gasteiger partial charge in [0.1, 0.15) is 17.9 Å². The van der Waals surface area contributed by atoms with Crippen LogP contribution in [0.1, 0.15) is 36.2 Å². The number of fused-ring (bicyclic) bond motifs is 1. The quantitative estimate of drug-likeness (QED) is 0.278. The summed E-state index contributed by atoms with van der Waals surface area (Å²) in [6.07, 6.45) is 6.52. The summed E-state index contributed by atoms with van der Waals surface area (Å²) in [6, 6.07) is 11.9. The Bertz CT molecular complexity index is 1460. The third kappa shape index (κ3) is 5.18. The van der Waals surface area contributed by atoms with E-state index in [9.17, 15) is 18.4 Å². The Hall–Kier alpha value is -4.21. The van der Waals surface area contributed by atoms with Gasteiger partial charge in [0.15, 0.2) is 5.75 Å². The molecule has 0 saturated heterocycles. The average molecular weight is 510 g/mol. The molecule has 2 aromatic carbocycles. The van der Waals surface area contributed by atoms with Crippen LogP contribution in [0, 0.1) is 0 Å². The van der Waals surface area contributed by atoms with E-state index in [1.165, 1.54) is 6.20 Å². The van der Waals surface area contributed by atoms with Gasteiger partial charge in [-0.05, 0) is 55.7 Å². The standard InChI is InChI=1S/C27H25F2N3O5/c1-2-35-26(34)22-16-32(18-6-7-18)23-21(24(22)33)11-10-20(25(23)37-27(28)29)17-4-8-19(9-5-17)36-15-14-31-13-3-12-30-31/h3-5,8-13,16,18,27H,2,6-7,14-15H2,1H3. The molecule has 0 aliphatic heterocycles. The molecule has 1 aliphatic carbocycles. The lowest BCUT2D eigenvalue weighted by atomic mass is 10.0. The number of nitrogens with zero attached hydrogens (tertiary/aromatic N) is 3. The summed E-state index contributed by atoms with van der Waals surface area (Å²) in [6.45, 7) is -0.358. The van der Waals surface area contributed by atoms with Crippen LogP contribution in [0.4, 0.5) is 8.78 Å². The first kappa shape index (κ1) is 24.5. The molecule has 1 saturated carbocycles. The molecule has 192 valence electrons. The number of aromatic nitrogens is 3. The molecule has 0 unspecified atom stereocenters. The lowest BCUT2D eigenvalue weighted by Crippen LogP contribution is -2.21. The van der Waals surface area contributed by atoms with Gasteiger partial charge in [0.2, 0.25) is 5.43 Å². The Kier molecular flexibility index (Phi) is 6.89. The van der Waals surface area contributed by atoms with Crippen molar-refractivity contribution in [3.63, 3.8) is 0 Å². The smallest absolute Gasteiger partial charge is 0.387 e. The zero-order chi connectivity index (χ0) is 25.9. The first-order valence-corrected chi connectivity index (χ1v) is 12.0. The molecule has 4 aromatic rings. The number of alkyl halides is 2. The van der Waals surface area contributed by atoms with Gasteiger partial charge in [-0.1, -0.05) is 12.1 Å². The van der Waals surface area contributed by atoms with Crippen LogP contribution in [0.2, 0.25) is 0 Å². The normalized spacial score (nSPS) is 13.2. The van der Waals surface area contributed by atoms with Crippen molar-refractivity contribution in [1.82, 2.24) is 14.3 Å². The second kappa shape index (κ2) is 10.4. The lowest BCUT2D eigenvalue weighted by molar-refractivity contribution is -0.0486. The van der Waals surface area contributed by atoms with Crippen molar-refractivity contribution in [1.29, 1.82) is 0 Å². The zero-order valence-electron chi connectivity index (χ0n) is 20.1. The predicted octanol–water partition coefficient (Wildman–Crippen LogP) is 5.06. The molecule has 1 aliphatic rings. The number of carbonyl (C=O) groups is 1. The van der Waals surface area contributed by atoms with E-state index in [0.29, 0.717) is 30.0 Å². The van der Waals surface area contributed by atoms with Gasteiger partial charge < -0.3 is 18.8 Å². The summed E-state index contributed by atoms with van der Waals surface area (Å²) in [7, 11) is 0. The molecule has 2 aromatic heterocycles. The van der Waals surface area contributed by atoms with Crippen LogP contribution in [-0.4, -0.2) is 40.1 Å². The largest absolute Gasteiger partial charge is 0.492 e. The number of ether oxygens (including phenoxy) is 3. The van der Waals surface area contributed by atoms with Gasteiger partial charge in [0.05, 0.1) is 24.1 Å². The molecular weight excluding hydrogens is 484 g/mol. The topological polar surface area (TPSA) is 84.6 Å². The molecule has 1 fully saturated rings. The van der Waals surface area contributed by atoms with Crippen LogP contribution < -0.4 is 14.9 Å². The Balaban J connectivity index is 1.54. The van der Waals surface area contributed by atoms with Crippen molar-refractivity contribution in [2.45, 2.75) is 39.0 Å². The lowest BCUT2D eigenvalue weighted by Gasteiger charge is -2.19. The summed E-state index contributed by atoms with van der Waals surface area (Å²) >= 11 is 0. The van der Waals surface area contributed by atoms with E-state index in [4.69, 9.17) is 14.2 Å². The number of pyridine rings is 1. The molecule has 0 amide bonds. The zero-order valence-corrected chi connectivity index (χ0v) is 20.1. The van der Waals surface area contributed by atoms with Gasteiger partial charge in [-0.3, -0.25) is 9.48 Å². The van der Waals surface area contributed by atoms with Gasteiger partial charge in [0.25, 0.3) is 0 Å². The molecular formula is C27H25F2N3O5. The molecule has 0 bridgehead atoms. The molecule has 5 rings (SSSR count). The van der Waals surface area contributed by atoms with Crippen molar-refractivity contribution in [2.75, 3.05) is 13.2 Å². The maximum atomic E-state index is 13.6. The Morgan fingerprint density at radius 3 is 2.59 bits per heavy atom. The first-order chi connectivity index (χ1) is 18.0. The number of halogens is 2. The highest BCUT2D eigenvalue weighted by molar-refractivity contribution is 5.98. The Morgan fingerprint density at radius 1 is 1.16 bits per heavy atom. The van der Waals surface area contributed by atoms with E-state index in [-0.39, 0.29) is 34.9 Å². The first-order valence-electron chi connectivity index (χ1n) is 12.0. The molecule has 10 heteroatoms. The highest BCUT2D eigenvalue weighted by Gasteiger charge is 2.30.